The van der Waals surface area contributed by atoms with E-state index in [4.69, 9.17) is 21.1 Å². The van der Waals surface area contributed by atoms with E-state index in [9.17, 15) is 9.59 Å². The Labute approximate surface area is 191 Å². The van der Waals surface area contributed by atoms with E-state index < -0.39 is 6.10 Å². The van der Waals surface area contributed by atoms with Crippen molar-refractivity contribution in [1.82, 2.24) is 15.1 Å². The van der Waals surface area contributed by atoms with Crippen molar-refractivity contribution in [2.24, 2.45) is 0 Å². The van der Waals surface area contributed by atoms with Crippen molar-refractivity contribution >= 4 is 17.5 Å². The van der Waals surface area contributed by atoms with Gasteiger partial charge in [-0.15, -0.1) is 5.10 Å². The van der Waals surface area contributed by atoms with Crippen LogP contribution in [0.2, 0.25) is 5.02 Å². The van der Waals surface area contributed by atoms with Gasteiger partial charge in [-0.05, 0) is 55.7 Å². The summed E-state index contributed by atoms with van der Waals surface area (Å²) in [6.45, 7) is 6.59. The molecule has 0 bridgehead atoms. The maximum atomic E-state index is 12.7. The van der Waals surface area contributed by atoms with Crippen LogP contribution in [0.5, 0.6) is 11.6 Å². The predicted octanol–water partition coefficient (Wildman–Crippen LogP) is 4.07. The molecule has 1 N–H and O–H groups in total. The fourth-order valence-electron chi connectivity index (χ4n) is 3.08. The zero-order chi connectivity index (χ0) is 23.1. The van der Waals surface area contributed by atoms with E-state index in [0.29, 0.717) is 30.3 Å². The second-order valence-corrected chi connectivity index (χ2v) is 7.60. The molecule has 1 unspecified atom stereocenters. The lowest BCUT2D eigenvalue weighted by Crippen LogP contribution is -2.38. The molecular weight excluding hydrogens is 430 g/mol. The van der Waals surface area contributed by atoms with Gasteiger partial charge in [0.05, 0.1) is 12.3 Å². The molecule has 3 rings (SSSR count). The second kappa shape index (κ2) is 10.8. The zero-order valence-corrected chi connectivity index (χ0v) is 19.1. The van der Waals surface area contributed by atoms with E-state index in [2.05, 4.69) is 10.4 Å². The number of hydrogen-bond donors (Lipinski definition) is 1. The van der Waals surface area contributed by atoms with Crippen LogP contribution in [0.25, 0.3) is 5.69 Å². The van der Waals surface area contributed by atoms with Gasteiger partial charge in [0.15, 0.2) is 6.10 Å². The molecule has 8 heteroatoms. The van der Waals surface area contributed by atoms with Crippen molar-refractivity contribution in [1.29, 1.82) is 0 Å². The monoisotopic (exact) mass is 455 g/mol. The van der Waals surface area contributed by atoms with Gasteiger partial charge >= 0.3 is 0 Å². The fraction of sp³-hybridized carbons (Fsp3) is 0.292. The molecule has 32 heavy (non-hydrogen) atoms. The molecule has 1 amide bonds. The second-order valence-electron chi connectivity index (χ2n) is 7.16. The smallest absolute Gasteiger partial charge is 0.271 e. The van der Waals surface area contributed by atoms with Crippen LogP contribution in [-0.4, -0.2) is 28.4 Å². The molecule has 0 saturated carbocycles. The van der Waals surface area contributed by atoms with Crippen LogP contribution in [0.1, 0.15) is 31.4 Å². The summed E-state index contributed by atoms with van der Waals surface area (Å²) in [4.78, 5) is 25.0. The van der Waals surface area contributed by atoms with Gasteiger partial charge in [-0.1, -0.05) is 36.7 Å². The first-order chi connectivity index (χ1) is 15.4. The number of nitrogens with zero attached hydrogens (tertiary/aromatic N) is 2. The lowest BCUT2D eigenvalue weighted by Gasteiger charge is -2.17. The average Bonchev–Trinajstić information content (AvgIpc) is 2.79. The van der Waals surface area contributed by atoms with Crippen molar-refractivity contribution in [3.8, 4) is 17.3 Å². The number of aryl methyl sites for hydroxylation is 1. The van der Waals surface area contributed by atoms with E-state index in [1.807, 2.05) is 51.1 Å². The highest BCUT2D eigenvalue weighted by Crippen LogP contribution is 2.19. The summed E-state index contributed by atoms with van der Waals surface area (Å²) < 4.78 is 12.5. The number of carbonyl (C=O) groups is 1. The lowest BCUT2D eigenvalue weighted by molar-refractivity contribution is -0.128. The molecule has 0 aliphatic carbocycles. The zero-order valence-electron chi connectivity index (χ0n) is 18.3. The minimum atomic E-state index is -0.753. The van der Waals surface area contributed by atoms with Crippen LogP contribution in [0.15, 0.2) is 59.4 Å². The van der Waals surface area contributed by atoms with Crippen LogP contribution in [0, 0.1) is 6.92 Å². The van der Waals surface area contributed by atoms with E-state index in [-0.39, 0.29) is 17.3 Å². The highest BCUT2D eigenvalue weighted by molar-refractivity contribution is 6.30. The molecule has 0 aliphatic heterocycles. The summed E-state index contributed by atoms with van der Waals surface area (Å²) in [5, 5.41) is 7.66. The number of amides is 1. The predicted molar refractivity (Wildman–Crippen MR) is 124 cm³/mol. The molecule has 2 aromatic carbocycles. The van der Waals surface area contributed by atoms with Crippen molar-refractivity contribution in [3.63, 3.8) is 0 Å². The van der Waals surface area contributed by atoms with Crippen molar-refractivity contribution in [3.05, 3.63) is 81.1 Å². The van der Waals surface area contributed by atoms with Crippen LogP contribution < -0.4 is 20.3 Å². The minimum absolute atomic E-state index is 0.173. The molecule has 1 atom stereocenters. The quantitative estimate of drug-likeness (QED) is 0.526. The molecule has 1 aromatic heterocycles. The van der Waals surface area contributed by atoms with E-state index in [1.54, 1.807) is 12.1 Å². The summed E-state index contributed by atoms with van der Waals surface area (Å²) in [6, 6.07) is 15.6. The standard InChI is InChI=1S/C24H26ClN3O4/c1-4-21(24(30)26-15-17-7-10-19(11-8-17)31-5-2)32-22-12-13-23(29)28(27-22)20-14-18(25)9-6-16(20)3/h6-14,21H,4-5,15H2,1-3H3,(H,26,30). The summed E-state index contributed by atoms with van der Waals surface area (Å²) >= 11 is 6.08. The number of ether oxygens (including phenoxy) is 2. The number of hydrogen-bond acceptors (Lipinski definition) is 5. The Kier molecular flexibility index (Phi) is 7.89. The van der Waals surface area contributed by atoms with Gasteiger partial charge in [-0.25, -0.2) is 0 Å². The van der Waals surface area contributed by atoms with Crippen LogP contribution >= 0.6 is 11.6 Å². The van der Waals surface area contributed by atoms with Crippen LogP contribution in [-0.2, 0) is 11.3 Å². The Morgan fingerprint density at radius 1 is 1.12 bits per heavy atom. The highest BCUT2D eigenvalue weighted by Gasteiger charge is 2.19. The topological polar surface area (TPSA) is 82.5 Å². The number of aromatic nitrogens is 2. The first-order valence-corrected chi connectivity index (χ1v) is 10.8. The molecule has 0 saturated heterocycles. The van der Waals surface area contributed by atoms with Crippen molar-refractivity contribution in [2.45, 2.75) is 39.8 Å². The van der Waals surface area contributed by atoms with Gasteiger partial charge in [0.1, 0.15) is 5.75 Å². The number of rotatable bonds is 9. The van der Waals surface area contributed by atoms with Gasteiger partial charge in [0, 0.05) is 23.7 Å². The number of benzene rings is 2. The third kappa shape index (κ3) is 5.88. The van der Waals surface area contributed by atoms with E-state index >= 15 is 0 Å². The fourth-order valence-corrected chi connectivity index (χ4v) is 3.25. The molecule has 7 nitrogen and oxygen atoms in total. The Balaban J connectivity index is 1.70. The number of nitrogens with one attached hydrogen (secondary N) is 1. The van der Waals surface area contributed by atoms with Gasteiger partial charge in [0.25, 0.3) is 11.5 Å². The summed E-state index contributed by atoms with van der Waals surface area (Å²) in [5.41, 5.74) is 2.01. The number of halogens is 1. The van der Waals surface area contributed by atoms with E-state index in [0.717, 1.165) is 16.9 Å². The third-order valence-corrected chi connectivity index (χ3v) is 5.04. The Morgan fingerprint density at radius 2 is 1.88 bits per heavy atom. The van der Waals surface area contributed by atoms with Crippen LogP contribution in [0.3, 0.4) is 0 Å². The molecule has 3 aromatic rings. The van der Waals surface area contributed by atoms with Crippen molar-refractivity contribution < 1.29 is 14.3 Å². The molecule has 0 aliphatic rings. The highest BCUT2D eigenvalue weighted by atomic mass is 35.5. The molecule has 0 spiro atoms. The summed E-state index contributed by atoms with van der Waals surface area (Å²) in [5.74, 6) is 0.695. The first kappa shape index (κ1) is 23.3. The van der Waals surface area contributed by atoms with Gasteiger partial charge in [-0.2, -0.15) is 4.68 Å². The van der Waals surface area contributed by atoms with Gasteiger partial charge in [0.2, 0.25) is 5.88 Å². The Bertz CT molecular complexity index is 1130. The first-order valence-electron chi connectivity index (χ1n) is 10.4. The molecule has 0 fully saturated rings. The number of carbonyl (C=O) groups excluding carboxylic acids is 1. The summed E-state index contributed by atoms with van der Waals surface area (Å²) in [7, 11) is 0. The lowest BCUT2D eigenvalue weighted by atomic mass is 10.2. The van der Waals surface area contributed by atoms with Crippen molar-refractivity contribution in [2.75, 3.05) is 6.61 Å². The SMILES string of the molecule is CCOc1ccc(CNC(=O)C(CC)Oc2ccc(=O)n(-c3cc(Cl)ccc3C)n2)cc1. The molecule has 168 valence electrons. The van der Waals surface area contributed by atoms with Gasteiger partial charge in [-0.3, -0.25) is 9.59 Å². The Hall–Kier alpha value is -3.32. The van der Waals surface area contributed by atoms with E-state index in [1.165, 1.54) is 16.8 Å². The maximum Gasteiger partial charge on any atom is 0.271 e. The largest absolute Gasteiger partial charge is 0.494 e. The maximum absolute atomic E-state index is 12.7. The third-order valence-electron chi connectivity index (χ3n) is 4.80. The van der Waals surface area contributed by atoms with Crippen LogP contribution in [0.4, 0.5) is 0 Å². The molecule has 1 heterocycles. The average molecular weight is 456 g/mol. The normalized spacial score (nSPS) is 11.6. The molecular formula is C24H26ClN3O4. The molecule has 0 radical (unpaired) electrons. The summed E-state index contributed by atoms with van der Waals surface area (Å²) in [6.07, 6.45) is -0.317. The minimum Gasteiger partial charge on any atom is -0.494 e. The Morgan fingerprint density at radius 3 is 2.56 bits per heavy atom. The van der Waals surface area contributed by atoms with Gasteiger partial charge < -0.3 is 14.8 Å².